The van der Waals surface area contributed by atoms with Gasteiger partial charge in [-0.15, -0.1) is 0 Å². The molecule has 2 saturated carbocycles. The Bertz CT molecular complexity index is 649. The highest BCUT2D eigenvalue weighted by Crippen LogP contribution is 2.53. The summed E-state index contributed by atoms with van der Waals surface area (Å²) in [5.74, 6) is 1.48. The van der Waals surface area contributed by atoms with Crippen LogP contribution in [0.15, 0.2) is 36.4 Å². The molecule has 2 aliphatic carbocycles. The van der Waals surface area contributed by atoms with Crippen molar-refractivity contribution in [2.75, 3.05) is 0 Å². The van der Waals surface area contributed by atoms with Crippen molar-refractivity contribution in [1.29, 1.82) is 0 Å². The second-order valence-corrected chi connectivity index (χ2v) is 9.13. The summed E-state index contributed by atoms with van der Waals surface area (Å²) >= 11 is 0. The predicted molar refractivity (Wildman–Crippen MR) is 112 cm³/mol. The highest BCUT2D eigenvalue weighted by atomic mass is 19.3. The van der Waals surface area contributed by atoms with Crippen LogP contribution in [0.5, 0.6) is 5.75 Å². The molecule has 0 bridgehead atoms. The summed E-state index contributed by atoms with van der Waals surface area (Å²) < 4.78 is 41.8. The fraction of sp³-hybridized carbons (Fsp3) is 0.680. The van der Waals surface area contributed by atoms with Crippen LogP contribution in [0.1, 0.15) is 102 Å². The van der Waals surface area contributed by atoms with E-state index in [1.165, 1.54) is 89.0 Å². The molecule has 0 unspecified atom stereocenters. The van der Waals surface area contributed by atoms with Gasteiger partial charge in [-0.05, 0) is 79.9 Å². The lowest BCUT2D eigenvalue weighted by Crippen LogP contribution is -2.35. The van der Waals surface area contributed by atoms with Crippen LogP contribution in [-0.2, 0) is 0 Å². The Morgan fingerprint density at radius 3 is 2.17 bits per heavy atom. The molecule has 0 saturated heterocycles. The van der Waals surface area contributed by atoms with E-state index in [9.17, 15) is 13.2 Å². The molecular formula is C25H35F3O. The molecule has 162 valence electrons. The van der Waals surface area contributed by atoms with Crippen LogP contribution in [-0.4, -0.2) is 0 Å². The normalized spacial score (nSPS) is 24.1. The van der Waals surface area contributed by atoms with Crippen LogP contribution in [0.25, 0.3) is 0 Å². The van der Waals surface area contributed by atoms with Gasteiger partial charge in [-0.3, -0.25) is 0 Å². The Hall–Kier alpha value is -1.45. The molecule has 1 aromatic carbocycles. The van der Waals surface area contributed by atoms with E-state index in [0.717, 1.165) is 5.92 Å². The van der Waals surface area contributed by atoms with Gasteiger partial charge in [0.1, 0.15) is 5.75 Å². The van der Waals surface area contributed by atoms with Gasteiger partial charge in [0.25, 0.3) is 0 Å². The number of rotatable bonds is 8. The SMILES string of the molecule is CCCCCC1(C2CCC(c3ccc(OC(F)=C(F)F)cc3)CC2)CCCCC1. The first-order chi connectivity index (χ1) is 14.0. The zero-order valence-electron chi connectivity index (χ0n) is 17.7. The van der Waals surface area contributed by atoms with Crippen molar-refractivity contribution in [2.45, 2.75) is 96.3 Å². The van der Waals surface area contributed by atoms with E-state index in [1.807, 2.05) is 12.1 Å². The second kappa shape index (κ2) is 10.5. The molecule has 1 aromatic rings. The highest BCUT2D eigenvalue weighted by molar-refractivity contribution is 5.30. The Morgan fingerprint density at radius 1 is 0.931 bits per heavy atom. The van der Waals surface area contributed by atoms with Gasteiger partial charge in [0.05, 0.1) is 0 Å². The first kappa shape index (κ1) is 22.2. The lowest BCUT2D eigenvalue weighted by atomic mass is 9.58. The second-order valence-electron chi connectivity index (χ2n) is 9.13. The average molecular weight is 409 g/mol. The van der Waals surface area contributed by atoms with Crippen molar-refractivity contribution in [1.82, 2.24) is 0 Å². The third-order valence-electron chi connectivity index (χ3n) is 7.43. The number of benzene rings is 1. The number of ether oxygens (including phenoxy) is 1. The molecule has 1 nitrogen and oxygen atoms in total. The Balaban J connectivity index is 1.58. The third-order valence-corrected chi connectivity index (χ3v) is 7.43. The molecule has 4 heteroatoms. The monoisotopic (exact) mass is 408 g/mol. The molecule has 29 heavy (non-hydrogen) atoms. The molecule has 0 atom stereocenters. The van der Waals surface area contributed by atoms with Crippen molar-refractivity contribution in [3.8, 4) is 5.75 Å². The van der Waals surface area contributed by atoms with Crippen molar-refractivity contribution in [3.05, 3.63) is 41.9 Å². The van der Waals surface area contributed by atoms with Gasteiger partial charge in [-0.1, -0.05) is 57.6 Å². The minimum absolute atomic E-state index is 0.116. The molecule has 0 N–H and O–H groups in total. The summed E-state index contributed by atoms with van der Waals surface area (Å²) in [7, 11) is 0. The molecule has 0 radical (unpaired) electrons. The summed E-state index contributed by atoms with van der Waals surface area (Å²) in [6, 6.07) is 5.18. The molecule has 2 fully saturated rings. The number of halogens is 3. The smallest absolute Gasteiger partial charge is 0.344 e. The predicted octanol–water partition coefficient (Wildman–Crippen LogP) is 8.91. The first-order valence-electron chi connectivity index (χ1n) is 11.5. The Labute approximate surface area is 173 Å². The van der Waals surface area contributed by atoms with Crippen molar-refractivity contribution >= 4 is 0 Å². The summed E-state index contributed by atoms with van der Waals surface area (Å²) in [5.41, 5.74) is 1.79. The summed E-state index contributed by atoms with van der Waals surface area (Å²) in [4.78, 5) is 0. The lowest BCUT2D eigenvalue weighted by molar-refractivity contribution is 0.0507. The van der Waals surface area contributed by atoms with Crippen molar-refractivity contribution in [2.24, 2.45) is 11.3 Å². The maximum atomic E-state index is 12.9. The van der Waals surface area contributed by atoms with E-state index >= 15 is 0 Å². The van der Waals surface area contributed by atoms with E-state index in [0.29, 0.717) is 11.3 Å². The maximum absolute atomic E-state index is 12.9. The fourth-order valence-electron chi connectivity index (χ4n) is 5.83. The van der Waals surface area contributed by atoms with Crippen molar-refractivity contribution < 1.29 is 17.9 Å². The van der Waals surface area contributed by atoms with E-state index in [-0.39, 0.29) is 5.75 Å². The molecule has 0 amide bonds. The van der Waals surface area contributed by atoms with Gasteiger partial charge in [-0.25, -0.2) is 0 Å². The zero-order chi connectivity index (χ0) is 20.7. The Morgan fingerprint density at radius 2 is 1.59 bits per heavy atom. The summed E-state index contributed by atoms with van der Waals surface area (Å²) in [6.45, 7) is 2.29. The van der Waals surface area contributed by atoms with E-state index in [2.05, 4.69) is 11.7 Å². The minimum Gasteiger partial charge on any atom is -0.428 e. The summed E-state index contributed by atoms with van der Waals surface area (Å²) in [6.07, 6.45) is 15.0. The number of unbranched alkanes of at least 4 members (excludes halogenated alkanes) is 2. The van der Waals surface area contributed by atoms with Gasteiger partial charge in [0.15, 0.2) is 0 Å². The third kappa shape index (κ3) is 5.79. The molecule has 0 aromatic heterocycles. The van der Waals surface area contributed by atoms with E-state index < -0.39 is 12.1 Å². The van der Waals surface area contributed by atoms with Gasteiger partial charge in [-0.2, -0.15) is 13.2 Å². The number of hydrogen-bond acceptors (Lipinski definition) is 1. The molecule has 0 aliphatic heterocycles. The van der Waals surface area contributed by atoms with E-state index in [1.54, 1.807) is 12.1 Å². The average Bonchev–Trinajstić information content (AvgIpc) is 2.75. The quantitative estimate of drug-likeness (QED) is 0.308. The van der Waals surface area contributed by atoms with Gasteiger partial charge >= 0.3 is 12.1 Å². The van der Waals surface area contributed by atoms with Crippen LogP contribution in [0.3, 0.4) is 0 Å². The molecule has 0 spiro atoms. The van der Waals surface area contributed by atoms with Crippen LogP contribution in [0.2, 0.25) is 0 Å². The van der Waals surface area contributed by atoms with Gasteiger partial charge in [0.2, 0.25) is 0 Å². The van der Waals surface area contributed by atoms with Crippen LogP contribution in [0, 0.1) is 11.3 Å². The maximum Gasteiger partial charge on any atom is 0.344 e. The zero-order valence-corrected chi connectivity index (χ0v) is 17.7. The molecular weight excluding hydrogens is 373 g/mol. The van der Waals surface area contributed by atoms with Crippen LogP contribution >= 0.6 is 0 Å². The van der Waals surface area contributed by atoms with Gasteiger partial charge < -0.3 is 4.74 Å². The van der Waals surface area contributed by atoms with Crippen LogP contribution in [0.4, 0.5) is 13.2 Å². The lowest BCUT2D eigenvalue weighted by Gasteiger charge is -2.47. The topological polar surface area (TPSA) is 9.23 Å². The Kier molecular flexibility index (Phi) is 8.08. The number of hydrogen-bond donors (Lipinski definition) is 0. The standard InChI is InChI=1S/C25H35F3O/c1-2-3-5-16-25(17-6-4-7-18-25)21-12-8-19(9-13-21)20-10-14-22(15-11-20)29-24(28)23(26)27/h10-11,14-15,19,21H,2-9,12-13,16-18H2,1H3. The minimum atomic E-state index is -2.43. The molecule has 0 heterocycles. The molecule has 3 rings (SSSR count). The van der Waals surface area contributed by atoms with Gasteiger partial charge in [0, 0.05) is 0 Å². The van der Waals surface area contributed by atoms with Crippen LogP contribution < -0.4 is 4.74 Å². The highest BCUT2D eigenvalue weighted by Gasteiger charge is 2.40. The largest absolute Gasteiger partial charge is 0.428 e. The van der Waals surface area contributed by atoms with E-state index in [4.69, 9.17) is 0 Å². The fourth-order valence-corrected chi connectivity index (χ4v) is 5.83. The summed E-state index contributed by atoms with van der Waals surface area (Å²) in [5, 5.41) is 0. The first-order valence-corrected chi connectivity index (χ1v) is 11.5. The molecule has 2 aliphatic rings. The van der Waals surface area contributed by atoms with Crippen molar-refractivity contribution in [3.63, 3.8) is 0 Å².